The molecule has 0 spiro atoms. The second-order valence-corrected chi connectivity index (χ2v) is 6.54. The van der Waals surface area contributed by atoms with Gasteiger partial charge in [-0.1, -0.05) is 0 Å². The Morgan fingerprint density at radius 3 is 1.83 bits per heavy atom. The van der Waals surface area contributed by atoms with Crippen LogP contribution in [-0.4, -0.2) is 43.1 Å². The van der Waals surface area contributed by atoms with Crippen molar-refractivity contribution < 1.29 is 3.17 Å². The van der Waals surface area contributed by atoms with Crippen LogP contribution in [-0.2, 0) is 3.17 Å². The number of hydrogen-bond acceptors (Lipinski definition) is 5. The normalized spacial score (nSPS) is 27.7. The quantitative estimate of drug-likeness (QED) is 0.505. The van der Waals surface area contributed by atoms with Gasteiger partial charge >= 0.3 is 0 Å². The standard InChI is InChI=1S/C12H27IN4O/c1-10(2)8-9(11(3,4)17(10)18-13)12(14-5,15-6)16-7/h9,14-16H,8H2,1-7H3. The van der Waals surface area contributed by atoms with Crippen LogP contribution in [0.2, 0.25) is 0 Å². The number of rotatable bonds is 5. The van der Waals surface area contributed by atoms with Gasteiger partial charge in [-0.15, -0.1) is 0 Å². The largest absolute Gasteiger partial charge is 0.290 e. The van der Waals surface area contributed by atoms with Gasteiger partial charge in [0.05, 0.1) is 0 Å². The molecule has 0 aromatic heterocycles. The zero-order chi connectivity index (χ0) is 14.2. The topological polar surface area (TPSA) is 48.6 Å². The van der Waals surface area contributed by atoms with Gasteiger partial charge in [0.25, 0.3) is 0 Å². The minimum atomic E-state index is -0.301. The van der Waals surface area contributed by atoms with E-state index in [0.29, 0.717) is 5.92 Å². The van der Waals surface area contributed by atoms with Crippen LogP contribution in [0.5, 0.6) is 0 Å². The summed E-state index contributed by atoms with van der Waals surface area (Å²) in [6.45, 7) is 8.90. The number of hydrogen-bond donors (Lipinski definition) is 3. The molecule has 0 aromatic carbocycles. The van der Waals surface area contributed by atoms with Gasteiger partial charge in [-0.3, -0.25) is 16.0 Å². The lowest BCUT2D eigenvalue weighted by Crippen LogP contribution is -2.71. The van der Waals surface area contributed by atoms with Crippen LogP contribution in [0.3, 0.4) is 0 Å². The van der Waals surface area contributed by atoms with E-state index in [1.54, 1.807) is 0 Å². The fourth-order valence-corrected chi connectivity index (χ4v) is 4.56. The lowest BCUT2D eigenvalue weighted by Gasteiger charge is -2.46. The van der Waals surface area contributed by atoms with Crippen molar-refractivity contribution in [3.8, 4) is 0 Å². The molecule has 1 fully saturated rings. The SMILES string of the molecule is CNC(NC)(NC)C1CC(C)(C)N(OI)C1(C)C. The van der Waals surface area contributed by atoms with Crippen molar-refractivity contribution in [1.82, 2.24) is 21.0 Å². The summed E-state index contributed by atoms with van der Waals surface area (Å²) in [6, 6.07) is 0. The number of hydroxylamine groups is 2. The second-order valence-electron chi connectivity index (χ2n) is 6.14. The molecule has 1 atom stereocenters. The molecule has 1 rings (SSSR count). The maximum absolute atomic E-state index is 5.62. The Kier molecular flexibility index (Phi) is 5.06. The van der Waals surface area contributed by atoms with Crippen molar-refractivity contribution in [3.63, 3.8) is 0 Å². The van der Waals surface area contributed by atoms with E-state index in [0.717, 1.165) is 6.42 Å². The van der Waals surface area contributed by atoms with E-state index in [2.05, 4.69) is 48.7 Å². The highest BCUT2D eigenvalue weighted by Gasteiger charge is 2.59. The first-order valence-corrected chi connectivity index (χ1v) is 7.25. The van der Waals surface area contributed by atoms with Crippen LogP contribution in [0.15, 0.2) is 0 Å². The molecular formula is C12H27IN4O. The van der Waals surface area contributed by atoms with Gasteiger partial charge in [0.15, 0.2) is 0 Å². The average molecular weight is 370 g/mol. The Morgan fingerprint density at radius 2 is 1.56 bits per heavy atom. The highest BCUT2D eigenvalue weighted by atomic mass is 127. The smallest absolute Gasteiger partial charge is 0.137 e. The lowest BCUT2D eigenvalue weighted by atomic mass is 9.81. The van der Waals surface area contributed by atoms with Crippen LogP contribution in [0.1, 0.15) is 34.1 Å². The third kappa shape index (κ3) is 2.43. The molecule has 5 nitrogen and oxygen atoms in total. The molecule has 1 saturated heterocycles. The zero-order valence-electron chi connectivity index (χ0n) is 12.5. The minimum Gasteiger partial charge on any atom is -0.290 e. The predicted octanol–water partition coefficient (Wildman–Crippen LogP) is 1.46. The fraction of sp³-hybridized carbons (Fsp3) is 1.00. The van der Waals surface area contributed by atoms with Gasteiger partial charge in [-0.05, 0) is 55.3 Å². The summed E-state index contributed by atoms with van der Waals surface area (Å²) in [5.74, 6) is 0.0554. The van der Waals surface area contributed by atoms with Crippen molar-refractivity contribution in [2.24, 2.45) is 5.92 Å². The first-order valence-electron chi connectivity index (χ1n) is 6.37. The molecule has 0 bridgehead atoms. The maximum Gasteiger partial charge on any atom is 0.137 e. The maximum atomic E-state index is 5.62. The fourth-order valence-electron chi connectivity index (χ4n) is 3.52. The summed E-state index contributed by atoms with van der Waals surface area (Å²) in [5.41, 5.74) is -0.0785. The van der Waals surface area contributed by atoms with Crippen LogP contribution in [0, 0.1) is 5.92 Å². The monoisotopic (exact) mass is 370 g/mol. The van der Waals surface area contributed by atoms with Crippen molar-refractivity contribution in [1.29, 1.82) is 0 Å². The van der Waals surface area contributed by atoms with Crippen LogP contribution in [0.4, 0.5) is 0 Å². The van der Waals surface area contributed by atoms with Gasteiger partial charge in [-0.25, -0.2) is 3.17 Å². The van der Waals surface area contributed by atoms with Gasteiger partial charge < -0.3 is 0 Å². The Balaban J connectivity index is 3.18. The Bertz CT molecular complexity index is 284. The Labute approximate surface area is 125 Å². The van der Waals surface area contributed by atoms with Crippen molar-refractivity contribution in [3.05, 3.63) is 0 Å². The van der Waals surface area contributed by atoms with Crippen LogP contribution in [0.25, 0.3) is 0 Å². The molecule has 1 heterocycles. The molecule has 108 valence electrons. The first kappa shape index (κ1) is 16.6. The average Bonchev–Trinajstić information content (AvgIpc) is 2.48. The summed E-state index contributed by atoms with van der Waals surface area (Å²) in [7, 11) is 5.93. The molecule has 18 heavy (non-hydrogen) atoms. The lowest BCUT2D eigenvalue weighted by molar-refractivity contribution is -0.142. The van der Waals surface area contributed by atoms with E-state index in [9.17, 15) is 0 Å². The van der Waals surface area contributed by atoms with E-state index < -0.39 is 0 Å². The van der Waals surface area contributed by atoms with Crippen molar-refractivity contribution in [2.75, 3.05) is 21.1 Å². The second kappa shape index (κ2) is 5.49. The molecule has 1 aliphatic rings. The molecule has 0 amide bonds. The molecule has 1 unspecified atom stereocenters. The zero-order valence-corrected chi connectivity index (χ0v) is 14.7. The molecule has 0 aromatic rings. The summed E-state index contributed by atoms with van der Waals surface area (Å²) in [6.07, 6.45) is 1.03. The molecule has 6 heteroatoms. The Morgan fingerprint density at radius 1 is 1.11 bits per heavy atom. The molecule has 1 aliphatic heterocycles. The van der Waals surface area contributed by atoms with Gasteiger partial charge in [-0.2, -0.15) is 5.06 Å². The molecule has 0 aliphatic carbocycles. The number of nitrogens with zero attached hydrogens (tertiary/aromatic N) is 1. The highest BCUT2D eigenvalue weighted by molar-refractivity contribution is 14.1. The third-order valence-corrected chi connectivity index (χ3v) is 4.80. The van der Waals surface area contributed by atoms with E-state index in [-0.39, 0.29) is 16.9 Å². The number of nitrogens with one attached hydrogen (secondary N) is 3. The van der Waals surface area contributed by atoms with Gasteiger partial charge in [0, 0.05) is 17.0 Å². The van der Waals surface area contributed by atoms with E-state index in [1.165, 1.54) is 0 Å². The summed E-state index contributed by atoms with van der Waals surface area (Å²) in [4.78, 5) is 0. The van der Waals surface area contributed by atoms with Gasteiger partial charge in [0.1, 0.15) is 28.8 Å². The van der Waals surface area contributed by atoms with E-state index in [1.807, 2.05) is 44.1 Å². The molecular weight excluding hydrogens is 343 g/mol. The predicted molar refractivity (Wildman–Crippen MR) is 83.1 cm³/mol. The highest BCUT2D eigenvalue weighted by Crippen LogP contribution is 2.48. The summed E-state index contributed by atoms with van der Waals surface area (Å²) >= 11 is 1.98. The Hall–Kier alpha value is 0.530. The van der Waals surface area contributed by atoms with Crippen molar-refractivity contribution in [2.45, 2.75) is 51.0 Å². The molecule has 0 radical (unpaired) electrons. The van der Waals surface area contributed by atoms with Gasteiger partial charge in [0.2, 0.25) is 0 Å². The third-order valence-electron chi connectivity index (χ3n) is 4.40. The van der Waals surface area contributed by atoms with Crippen LogP contribution < -0.4 is 16.0 Å². The van der Waals surface area contributed by atoms with E-state index >= 15 is 0 Å². The van der Waals surface area contributed by atoms with Crippen molar-refractivity contribution >= 4 is 23.0 Å². The molecule has 0 saturated carbocycles. The van der Waals surface area contributed by atoms with E-state index in [4.69, 9.17) is 3.17 Å². The number of halogens is 1. The summed E-state index contributed by atoms with van der Waals surface area (Å²) in [5, 5.41) is 12.3. The summed E-state index contributed by atoms with van der Waals surface area (Å²) < 4.78 is 5.62. The minimum absolute atomic E-state index is 0.00512. The van der Waals surface area contributed by atoms with Crippen LogP contribution >= 0.6 is 23.0 Å². The first-order chi connectivity index (χ1) is 8.21. The molecule has 3 N–H and O–H groups in total.